The molecule has 0 fully saturated rings. The fourth-order valence-corrected chi connectivity index (χ4v) is 1.48. The fraction of sp³-hybridized carbons (Fsp3) is 0.100. The van der Waals surface area contributed by atoms with Crippen molar-refractivity contribution in [2.45, 2.75) is 6.42 Å². The van der Waals surface area contributed by atoms with Crippen molar-refractivity contribution in [1.29, 1.82) is 0 Å². The van der Waals surface area contributed by atoms with Gasteiger partial charge < -0.3 is 0 Å². The zero-order chi connectivity index (χ0) is 9.97. The van der Waals surface area contributed by atoms with Gasteiger partial charge in [0.2, 0.25) is 0 Å². The SMILES string of the molecule is Fc1cccc(Cc2cnn(Cl)c2)c1. The van der Waals surface area contributed by atoms with E-state index in [1.807, 2.05) is 6.07 Å². The molecule has 1 aromatic heterocycles. The van der Waals surface area contributed by atoms with Gasteiger partial charge in [-0.2, -0.15) is 9.30 Å². The summed E-state index contributed by atoms with van der Waals surface area (Å²) in [6, 6.07) is 6.49. The Kier molecular flexibility index (Phi) is 2.50. The highest BCUT2D eigenvalue weighted by Crippen LogP contribution is 2.10. The van der Waals surface area contributed by atoms with Crippen molar-refractivity contribution in [3.63, 3.8) is 0 Å². The minimum atomic E-state index is -0.222. The van der Waals surface area contributed by atoms with Crippen LogP contribution in [0.2, 0.25) is 0 Å². The number of benzene rings is 1. The molecule has 0 aliphatic carbocycles. The molecule has 0 aliphatic heterocycles. The first-order valence-corrected chi connectivity index (χ1v) is 4.52. The third-order valence-electron chi connectivity index (χ3n) is 1.90. The Labute approximate surface area is 86.0 Å². The average molecular weight is 211 g/mol. The van der Waals surface area contributed by atoms with Crippen molar-refractivity contribution >= 4 is 11.8 Å². The summed E-state index contributed by atoms with van der Waals surface area (Å²) in [7, 11) is 0. The molecule has 0 radical (unpaired) electrons. The minimum absolute atomic E-state index is 0.222. The summed E-state index contributed by atoms with van der Waals surface area (Å²) in [6.07, 6.45) is 4.01. The predicted molar refractivity (Wildman–Crippen MR) is 52.7 cm³/mol. The lowest BCUT2D eigenvalue weighted by atomic mass is 10.1. The van der Waals surface area contributed by atoms with Gasteiger partial charge in [0.25, 0.3) is 0 Å². The normalized spacial score (nSPS) is 10.4. The molecule has 0 atom stereocenters. The van der Waals surface area contributed by atoms with Gasteiger partial charge in [-0.1, -0.05) is 12.1 Å². The third kappa shape index (κ3) is 2.12. The van der Waals surface area contributed by atoms with Crippen LogP contribution < -0.4 is 0 Å². The van der Waals surface area contributed by atoms with Crippen LogP contribution in [-0.2, 0) is 6.42 Å². The van der Waals surface area contributed by atoms with E-state index >= 15 is 0 Å². The van der Waals surface area contributed by atoms with Crippen molar-refractivity contribution in [3.05, 3.63) is 53.6 Å². The highest BCUT2D eigenvalue weighted by Gasteiger charge is 2.00. The summed E-state index contributed by atoms with van der Waals surface area (Å²) in [4.78, 5) is 0. The molecule has 4 heteroatoms. The quantitative estimate of drug-likeness (QED) is 0.745. The minimum Gasteiger partial charge on any atom is -0.207 e. The summed E-state index contributed by atoms with van der Waals surface area (Å²) < 4.78 is 14.0. The van der Waals surface area contributed by atoms with Crippen LogP contribution in [0.15, 0.2) is 36.7 Å². The van der Waals surface area contributed by atoms with Gasteiger partial charge in [-0.25, -0.2) is 4.39 Å². The molecule has 72 valence electrons. The molecule has 0 N–H and O–H groups in total. The molecule has 14 heavy (non-hydrogen) atoms. The maximum atomic E-state index is 12.8. The highest BCUT2D eigenvalue weighted by atomic mass is 35.5. The largest absolute Gasteiger partial charge is 0.207 e. The molecule has 0 amide bonds. The van der Waals surface area contributed by atoms with Crippen molar-refractivity contribution in [1.82, 2.24) is 9.30 Å². The van der Waals surface area contributed by atoms with E-state index in [1.165, 1.54) is 16.3 Å². The summed E-state index contributed by atoms with van der Waals surface area (Å²) in [5, 5.41) is 3.82. The van der Waals surface area contributed by atoms with E-state index in [4.69, 9.17) is 11.8 Å². The molecule has 0 bridgehead atoms. The van der Waals surface area contributed by atoms with Gasteiger partial charge in [-0.3, -0.25) is 0 Å². The van der Waals surface area contributed by atoms with E-state index in [0.717, 1.165) is 11.1 Å². The Hall–Kier alpha value is -1.35. The Morgan fingerprint density at radius 1 is 1.36 bits per heavy atom. The maximum Gasteiger partial charge on any atom is 0.123 e. The fourth-order valence-electron chi connectivity index (χ4n) is 1.31. The van der Waals surface area contributed by atoms with Gasteiger partial charge >= 0.3 is 0 Å². The van der Waals surface area contributed by atoms with Crippen LogP contribution in [-0.4, -0.2) is 9.30 Å². The molecule has 0 saturated heterocycles. The summed E-state index contributed by atoms with van der Waals surface area (Å²) >= 11 is 5.59. The Morgan fingerprint density at radius 2 is 2.21 bits per heavy atom. The Bertz CT molecular complexity index is 439. The lowest BCUT2D eigenvalue weighted by Crippen LogP contribution is -1.86. The molecule has 2 aromatic rings. The molecular weight excluding hydrogens is 203 g/mol. The molecule has 1 aromatic carbocycles. The molecule has 0 spiro atoms. The van der Waals surface area contributed by atoms with Gasteiger partial charge in [0.15, 0.2) is 0 Å². The number of hydrogen-bond acceptors (Lipinski definition) is 1. The second kappa shape index (κ2) is 3.80. The van der Waals surface area contributed by atoms with Gasteiger partial charge in [0.05, 0.1) is 6.20 Å². The zero-order valence-corrected chi connectivity index (χ0v) is 8.08. The van der Waals surface area contributed by atoms with Gasteiger partial charge in [0.1, 0.15) is 5.82 Å². The second-order valence-corrected chi connectivity index (χ2v) is 3.39. The molecule has 0 aliphatic rings. The van der Waals surface area contributed by atoms with Crippen molar-refractivity contribution in [2.75, 3.05) is 0 Å². The van der Waals surface area contributed by atoms with Crippen molar-refractivity contribution in [2.24, 2.45) is 0 Å². The summed E-state index contributed by atoms with van der Waals surface area (Å²) in [5.74, 6) is -0.222. The van der Waals surface area contributed by atoms with Crippen LogP contribution in [0, 0.1) is 5.82 Å². The van der Waals surface area contributed by atoms with Gasteiger partial charge in [-0.05, 0) is 23.3 Å². The highest BCUT2D eigenvalue weighted by molar-refractivity contribution is 6.14. The van der Waals surface area contributed by atoms with E-state index in [9.17, 15) is 4.39 Å². The first-order valence-electron chi connectivity index (χ1n) is 4.18. The number of aromatic nitrogens is 2. The molecule has 0 saturated carbocycles. The smallest absolute Gasteiger partial charge is 0.123 e. The first-order chi connectivity index (χ1) is 6.74. The Morgan fingerprint density at radius 3 is 2.86 bits per heavy atom. The van der Waals surface area contributed by atoms with Crippen LogP contribution >= 0.6 is 11.8 Å². The van der Waals surface area contributed by atoms with Crippen LogP contribution in [0.1, 0.15) is 11.1 Å². The molecule has 0 unspecified atom stereocenters. The maximum absolute atomic E-state index is 12.8. The van der Waals surface area contributed by atoms with E-state index in [1.54, 1.807) is 18.5 Å². The summed E-state index contributed by atoms with van der Waals surface area (Å²) in [5.41, 5.74) is 1.88. The third-order valence-corrected chi connectivity index (χ3v) is 2.09. The Balaban J connectivity index is 2.18. The van der Waals surface area contributed by atoms with E-state index in [0.29, 0.717) is 6.42 Å². The topological polar surface area (TPSA) is 17.8 Å². The van der Waals surface area contributed by atoms with E-state index in [2.05, 4.69) is 5.10 Å². The second-order valence-electron chi connectivity index (χ2n) is 3.04. The van der Waals surface area contributed by atoms with Crippen LogP contribution in [0.4, 0.5) is 4.39 Å². The standard InChI is InChI=1S/C10H8ClFN2/c11-14-7-9(6-13-14)4-8-2-1-3-10(12)5-8/h1-3,5-7H,4H2. The number of rotatable bonds is 2. The van der Waals surface area contributed by atoms with Crippen LogP contribution in [0.25, 0.3) is 0 Å². The molecule has 2 rings (SSSR count). The summed E-state index contributed by atoms with van der Waals surface area (Å²) in [6.45, 7) is 0. The number of hydrogen-bond donors (Lipinski definition) is 0. The average Bonchev–Trinajstić information content (AvgIpc) is 2.51. The van der Waals surface area contributed by atoms with Gasteiger partial charge in [-0.15, -0.1) is 0 Å². The van der Waals surface area contributed by atoms with Crippen molar-refractivity contribution < 1.29 is 4.39 Å². The van der Waals surface area contributed by atoms with E-state index in [-0.39, 0.29) is 5.82 Å². The van der Waals surface area contributed by atoms with Crippen LogP contribution in [0.5, 0.6) is 0 Å². The zero-order valence-electron chi connectivity index (χ0n) is 7.32. The first kappa shape index (κ1) is 9.21. The lowest BCUT2D eigenvalue weighted by molar-refractivity contribution is 0.626. The van der Waals surface area contributed by atoms with E-state index < -0.39 is 0 Å². The number of nitrogens with zero attached hydrogens (tertiary/aromatic N) is 2. The van der Waals surface area contributed by atoms with Crippen molar-refractivity contribution in [3.8, 4) is 0 Å². The monoisotopic (exact) mass is 210 g/mol. The predicted octanol–water partition coefficient (Wildman–Crippen LogP) is 2.61. The molecule has 2 nitrogen and oxygen atoms in total. The van der Waals surface area contributed by atoms with Crippen LogP contribution in [0.3, 0.4) is 0 Å². The van der Waals surface area contributed by atoms with Gasteiger partial charge in [0, 0.05) is 24.4 Å². The lowest BCUT2D eigenvalue weighted by Gasteiger charge is -1.97. The number of halogens is 2. The molecule has 1 heterocycles. The molecular formula is C10H8ClFN2.